The lowest BCUT2D eigenvalue weighted by atomic mass is 9.49. The van der Waals surface area contributed by atoms with Gasteiger partial charge in [0.2, 0.25) is 5.79 Å². The normalized spacial score (nSPS) is 61.9. The molecule has 0 amide bonds. The van der Waals surface area contributed by atoms with Crippen molar-refractivity contribution in [2.45, 2.75) is 112 Å². The summed E-state index contributed by atoms with van der Waals surface area (Å²) in [4.78, 5) is 49.0. The fourth-order valence-electron chi connectivity index (χ4n) is 11.9. The van der Waals surface area contributed by atoms with E-state index in [9.17, 15) is 35.1 Å². The molecular weight excluding hydrogens is 554 g/mol. The first-order chi connectivity index (χ1) is 19.7. The molecule has 5 bridgehead atoms. The highest BCUT2D eigenvalue weighted by Gasteiger charge is 2.88. The maximum absolute atomic E-state index is 12.7. The quantitative estimate of drug-likeness (QED) is 0.173. The average Bonchev–Trinajstić information content (AvgIpc) is 3.25. The van der Waals surface area contributed by atoms with Gasteiger partial charge in [-0.25, -0.2) is 9.59 Å². The van der Waals surface area contributed by atoms with Crippen molar-refractivity contribution in [1.82, 2.24) is 4.90 Å². The molecule has 4 heterocycles. The van der Waals surface area contributed by atoms with Gasteiger partial charge in [-0.2, -0.15) is 4.89 Å². The van der Waals surface area contributed by atoms with E-state index in [0.717, 1.165) is 19.4 Å². The molecule has 5 N–H and O–H groups in total. The summed E-state index contributed by atoms with van der Waals surface area (Å²) >= 11 is 0. The molecule has 4 aliphatic carbocycles. The smallest absolute Gasteiger partial charge is 0.393 e. The van der Waals surface area contributed by atoms with Crippen molar-refractivity contribution >= 4 is 11.9 Å². The minimum absolute atomic E-state index is 0.0592. The summed E-state index contributed by atoms with van der Waals surface area (Å²) in [6, 6.07) is -0.216. The number of aliphatic hydroxyl groups excluding tert-OH is 4. The molecule has 0 radical (unpaired) electrons. The van der Waals surface area contributed by atoms with E-state index in [2.05, 4.69) is 11.8 Å². The zero-order valence-corrected chi connectivity index (χ0v) is 24.0. The largest absolute Gasteiger partial charge is 0.453 e. The molecular formula is C29H41NO12. The summed E-state index contributed by atoms with van der Waals surface area (Å²) in [5.41, 5.74) is -5.29. The maximum Gasteiger partial charge on any atom is 0.453 e. The SMILES string of the molecule is CC1CCC2N(C1)CC1C(C(O)[C@H](O)[C@]34OOC(=O)C(=O)OOC56OC7(CC13)C4[C@H](O)CC5C7(C)CCC6O)[C@]2(C)O. The van der Waals surface area contributed by atoms with Gasteiger partial charge in [0.05, 0.1) is 29.3 Å². The molecule has 8 aliphatic rings. The first-order valence-corrected chi connectivity index (χ1v) is 15.4. The van der Waals surface area contributed by atoms with Gasteiger partial charge in [0.15, 0.2) is 5.60 Å². The number of rotatable bonds is 0. The van der Waals surface area contributed by atoms with Crippen molar-refractivity contribution in [2.75, 3.05) is 13.1 Å². The first kappa shape index (κ1) is 28.1. The predicted octanol–water partition coefficient (Wildman–Crippen LogP) is -0.835. The number of fused-ring (bicyclic) bond motifs is 3. The Bertz CT molecular complexity index is 1210. The second-order valence-electron chi connectivity index (χ2n) is 15.1. The summed E-state index contributed by atoms with van der Waals surface area (Å²) < 4.78 is 6.84. The number of carbonyl (C=O) groups excluding carboxylic acids is 2. The van der Waals surface area contributed by atoms with Crippen LogP contribution in [0, 0.1) is 40.9 Å². The Morgan fingerprint density at radius 1 is 0.952 bits per heavy atom. The van der Waals surface area contributed by atoms with Crippen LogP contribution in [-0.4, -0.2) is 109 Å². The van der Waals surface area contributed by atoms with Crippen molar-refractivity contribution in [2.24, 2.45) is 40.9 Å². The van der Waals surface area contributed by atoms with Gasteiger partial charge >= 0.3 is 11.9 Å². The predicted molar refractivity (Wildman–Crippen MR) is 136 cm³/mol. The summed E-state index contributed by atoms with van der Waals surface area (Å²) in [5.74, 6) is -8.13. The van der Waals surface area contributed by atoms with Crippen LogP contribution in [0.25, 0.3) is 0 Å². The minimum Gasteiger partial charge on any atom is -0.393 e. The van der Waals surface area contributed by atoms with Crippen molar-refractivity contribution in [3.8, 4) is 0 Å². The zero-order valence-electron chi connectivity index (χ0n) is 24.0. The molecule has 0 aromatic carbocycles. The number of aliphatic hydroxyl groups is 5. The molecule has 8 rings (SSSR count). The third kappa shape index (κ3) is 2.96. The monoisotopic (exact) mass is 595 g/mol. The number of piperidine rings is 2. The molecule has 4 aliphatic heterocycles. The third-order valence-corrected chi connectivity index (χ3v) is 13.4. The summed E-state index contributed by atoms with van der Waals surface area (Å²) in [6.07, 6.45) is -2.96. The van der Waals surface area contributed by atoms with E-state index in [-0.39, 0.29) is 25.3 Å². The van der Waals surface area contributed by atoms with Crippen molar-refractivity contribution in [3.05, 3.63) is 0 Å². The first-order valence-electron chi connectivity index (χ1n) is 15.4. The van der Waals surface area contributed by atoms with E-state index in [0.29, 0.717) is 18.9 Å². The van der Waals surface area contributed by atoms with Gasteiger partial charge in [-0.15, -0.1) is 4.89 Å². The van der Waals surface area contributed by atoms with Gasteiger partial charge in [-0.1, -0.05) is 13.8 Å². The Kier molecular flexibility index (Phi) is 5.64. The van der Waals surface area contributed by atoms with Crippen molar-refractivity contribution < 1.29 is 59.4 Å². The van der Waals surface area contributed by atoms with Crippen LogP contribution in [0.4, 0.5) is 0 Å². The molecule has 13 nitrogen and oxygen atoms in total. The topological polar surface area (TPSA) is 185 Å². The highest BCUT2D eigenvalue weighted by molar-refractivity contribution is 6.29. The molecule has 4 saturated heterocycles. The number of ether oxygens (including phenoxy) is 1. The molecule has 8 fully saturated rings. The second kappa shape index (κ2) is 8.43. The number of hydrogen-bond acceptors (Lipinski definition) is 13. The van der Waals surface area contributed by atoms with E-state index < -0.39 is 93.9 Å². The Hall–Kier alpha value is -1.42. The van der Waals surface area contributed by atoms with E-state index in [1.54, 1.807) is 6.92 Å². The van der Waals surface area contributed by atoms with Gasteiger partial charge in [-0.3, -0.25) is 14.7 Å². The lowest BCUT2D eigenvalue weighted by Crippen LogP contribution is -2.77. The van der Waals surface area contributed by atoms with Crippen LogP contribution >= 0.6 is 0 Å². The Balaban J connectivity index is 1.34. The Morgan fingerprint density at radius 3 is 2.40 bits per heavy atom. The lowest BCUT2D eigenvalue weighted by molar-refractivity contribution is -0.436. The Labute approximate surface area is 242 Å². The van der Waals surface area contributed by atoms with Gasteiger partial charge < -0.3 is 30.3 Å². The highest BCUT2D eigenvalue weighted by atomic mass is 17.3. The van der Waals surface area contributed by atoms with Crippen LogP contribution in [-0.2, 0) is 33.9 Å². The average molecular weight is 596 g/mol. The fourth-order valence-corrected chi connectivity index (χ4v) is 11.9. The van der Waals surface area contributed by atoms with E-state index >= 15 is 0 Å². The van der Waals surface area contributed by atoms with E-state index in [1.165, 1.54) is 0 Å². The molecule has 16 atom stereocenters. The molecule has 0 aromatic rings. The van der Waals surface area contributed by atoms with Gasteiger partial charge in [0.1, 0.15) is 12.2 Å². The minimum atomic E-state index is -1.90. The van der Waals surface area contributed by atoms with Crippen LogP contribution in [0.1, 0.15) is 59.3 Å². The number of hydrogen-bond donors (Lipinski definition) is 5. The van der Waals surface area contributed by atoms with Crippen LogP contribution < -0.4 is 0 Å². The van der Waals surface area contributed by atoms with Crippen LogP contribution in [0.3, 0.4) is 0 Å². The van der Waals surface area contributed by atoms with E-state index in [1.807, 2.05) is 6.92 Å². The highest BCUT2D eigenvalue weighted by Crippen LogP contribution is 2.78. The van der Waals surface area contributed by atoms with Crippen molar-refractivity contribution in [3.63, 3.8) is 0 Å². The zero-order chi connectivity index (χ0) is 29.8. The molecule has 234 valence electrons. The summed E-state index contributed by atoms with van der Waals surface area (Å²) in [5, 5.41) is 59.4. The number of carbonyl (C=O) groups is 2. The van der Waals surface area contributed by atoms with Crippen LogP contribution in [0.2, 0.25) is 0 Å². The van der Waals surface area contributed by atoms with Gasteiger partial charge in [-0.05, 0) is 57.3 Å². The maximum atomic E-state index is 12.7. The second-order valence-corrected chi connectivity index (χ2v) is 15.1. The van der Waals surface area contributed by atoms with Crippen LogP contribution in [0.15, 0.2) is 0 Å². The summed E-state index contributed by atoms with van der Waals surface area (Å²) in [7, 11) is 0. The molecule has 13 heteroatoms. The number of nitrogens with zero attached hydrogens (tertiary/aromatic N) is 1. The van der Waals surface area contributed by atoms with Crippen molar-refractivity contribution in [1.29, 1.82) is 0 Å². The summed E-state index contributed by atoms with van der Waals surface area (Å²) in [6.45, 7) is 7.12. The van der Waals surface area contributed by atoms with Gasteiger partial charge in [0.25, 0.3) is 0 Å². The fraction of sp³-hybridized carbons (Fsp3) is 0.931. The Morgan fingerprint density at radius 2 is 1.67 bits per heavy atom. The lowest BCUT2D eigenvalue weighted by Gasteiger charge is -2.63. The molecule has 12 unspecified atom stereocenters. The molecule has 3 spiro atoms. The van der Waals surface area contributed by atoms with Crippen LogP contribution in [0.5, 0.6) is 0 Å². The van der Waals surface area contributed by atoms with Gasteiger partial charge in [0, 0.05) is 42.3 Å². The standard InChI is InChI=1S/C29H41NO12/c1-12-4-5-17-26(3,37)19-13(11-30(17)10-12)14-9-27-21-15(31)8-16-25(27,2)7-6-18(32)29(16,40-27)42-39-24(36)23(35)38-41-28(14,21)22(34)20(19)33/h12-22,31-34,37H,4-11H2,1-3H3/t12?,13?,14?,15-,16?,17?,18?,19?,20?,21?,22+,25?,26-,27?,28+,29?/m1/s1. The molecule has 0 aromatic heterocycles. The third-order valence-electron chi connectivity index (χ3n) is 13.4. The van der Waals surface area contributed by atoms with E-state index in [4.69, 9.17) is 24.3 Å². The molecule has 4 saturated carbocycles. The molecule has 42 heavy (non-hydrogen) atoms.